The number of allylic oxidation sites excluding steroid dienone is 2. The first-order valence-electron chi connectivity index (χ1n) is 4.62. The molecule has 0 aromatic carbocycles. The van der Waals surface area contributed by atoms with Crippen molar-refractivity contribution in [1.29, 1.82) is 0 Å². The molecule has 0 heterocycles. The van der Waals surface area contributed by atoms with E-state index in [4.69, 9.17) is 11.6 Å². The Labute approximate surface area is 75.6 Å². The summed E-state index contributed by atoms with van der Waals surface area (Å²) < 4.78 is 0. The first-order chi connectivity index (χ1) is 5.31. The molecule has 0 aliphatic rings. The van der Waals surface area contributed by atoms with Crippen LogP contribution < -0.4 is 0 Å². The van der Waals surface area contributed by atoms with Crippen molar-refractivity contribution >= 4 is 11.6 Å². The van der Waals surface area contributed by atoms with Crippen LogP contribution >= 0.6 is 11.6 Å². The summed E-state index contributed by atoms with van der Waals surface area (Å²) in [6.07, 6.45) is 10.3. The third kappa shape index (κ3) is 7.93. The normalized spacial score (nSPS) is 14.1. The van der Waals surface area contributed by atoms with Crippen LogP contribution in [0, 0.1) is 0 Å². The minimum Gasteiger partial charge on any atom is -0.118 e. The van der Waals surface area contributed by atoms with Crippen LogP contribution in [0.4, 0.5) is 0 Å². The van der Waals surface area contributed by atoms with Crippen LogP contribution in [0.25, 0.3) is 0 Å². The molecular formula is C10H19Cl. The lowest BCUT2D eigenvalue weighted by Gasteiger charge is -2.01. The lowest BCUT2D eigenvalue weighted by atomic mass is 10.1. The van der Waals surface area contributed by atoms with Gasteiger partial charge in [-0.15, -0.1) is 11.6 Å². The summed E-state index contributed by atoms with van der Waals surface area (Å²) in [7, 11) is 0. The zero-order valence-electron chi connectivity index (χ0n) is 7.65. The maximum Gasteiger partial charge on any atom is 0.0516 e. The van der Waals surface area contributed by atoms with Crippen molar-refractivity contribution in [2.45, 2.75) is 51.3 Å². The Kier molecular flexibility index (Phi) is 8.15. The molecule has 1 heteroatoms. The molecule has 0 nitrogen and oxygen atoms in total. The van der Waals surface area contributed by atoms with E-state index in [2.05, 4.69) is 26.0 Å². The highest BCUT2D eigenvalue weighted by Gasteiger charge is 1.96. The third-order valence-electron chi connectivity index (χ3n) is 1.66. The van der Waals surface area contributed by atoms with Gasteiger partial charge in [0.05, 0.1) is 5.38 Å². The van der Waals surface area contributed by atoms with E-state index >= 15 is 0 Å². The summed E-state index contributed by atoms with van der Waals surface area (Å²) in [6, 6.07) is 0. The SMILES string of the molecule is CCC=CC(Cl)CCCCC. The van der Waals surface area contributed by atoms with Gasteiger partial charge in [-0.25, -0.2) is 0 Å². The summed E-state index contributed by atoms with van der Waals surface area (Å²) >= 11 is 6.01. The highest BCUT2D eigenvalue weighted by atomic mass is 35.5. The third-order valence-corrected chi connectivity index (χ3v) is 2.03. The number of alkyl halides is 1. The average molecular weight is 175 g/mol. The van der Waals surface area contributed by atoms with Crippen molar-refractivity contribution in [2.75, 3.05) is 0 Å². The van der Waals surface area contributed by atoms with E-state index in [-0.39, 0.29) is 5.38 Å². The Hall–Kier alpha value is 0.0300. The van der Waals surface area contributed by atoms with E-state index in [1.165, 1.54) is 19.3 Å². The van der Waals surface area contributed by atoms with E-state index in [0.29, 0.717) is 0 Å². The van der Waals surface area contributed by atoms with Crippen molar-refractivity contribution in [3.05, 3.63) is 12.2 Å². The predicted molar refractivity (Wildman–Crippen MR) is 53.2 cm³/mol. The molecule has 0 saturated heterocycles. The van der Waals surface area contributed by atoms with Gasteiger partial charge in [-0.2, -0.15) is 0 Å². The molecule has 0 saturated carbocycles. The van der Waals surface area contributed by atoms with Gasteiger partial charge in [0.1, 0.15) is 0 Å². The van der Waals surface area contributed by atoms with Crippen molar-refractivity contribution in [1.82, 2.24) is 0 Å². The first-order valence-corrected chi connectivity index (χ1v) is 5.05. The molecule has 0 spiro atoms. The van der Waals surface area contributed by atoms with E-state index in [1.54, 1.807) is 0 Å². The quantitative estimate of drug-likeness (QED) is 0.323. The summed E-state index contributed by atoms with van der Waals surface area (Å²) in [5, 5.41) is 0.265. The molecule has 0 bridgehead atoms. The maximum absolute atomic E-state index is 6.01. The fourth-order valence-electron chi connectivity index (χ4n) is 0.969. The van der Waals surface area contributed by atoms with E-state index < -0.39 is 0 Å². The molecular weight excluding hydrogens is 156 g/mol. The molecule has 66 valence electrons. The second kappa shape index (κ2) is 8.13. The average Bonchev–Trinajstić information content (AvgIpc) is 2.01. The topological polar surface area (TPSA) is 0 Å². The van der Waals surface area contributed by atoms with Gasteiger partial charge in [0.2, 0.25) is 0 Å². The molecule has 0 radical (unpaired) electrons. The molecule has 1 unspecified atom stereocenters. The first kappa shape index (κ1) is 11.0. The van der Waals surface area contributed by atoms with Gasteiger partial charge < -0.3 is 0 Å². The van der Waals surface area contributed by atoms with Crippen molar-refractivity contribution in [3.8, 4) is 0 Å². The van der Waals surface area contributed by atoms with Gasteiger partial charge in [0, 0.05) is 0 Å². The van der Waals surface area contributed by atoms with Crippen molar-refractivity contribution in [3.63, 3.8) is 0 Å². The summed E-state index contributed by atoms with van der Waals surface area (Å²) in [5.41, 5.74) is 0. The molecule has 0 aliphatic carbocycles. The molecule has 0 amide bonds. The Bertz CT molecular complexity index is 97.0. The van der Waals surface area contributed by atoms with Gasteiger partial charge in [-0.1, -0.05) is 45.3 Å². The lowest BCUT2D eigenvalue weighted by molar-refractivity contribution is 0.677. The lowest BCUT2D eigenvalue weighted by Crippen LogP contribution is -1.92. The number of rotatable bonds is 6. The number of halogens is 1. The number of hydrogen-bond donors (Lipinski definition) is 0. The van der Waals surface area contributed by atoms with Gasteiger partial charge in [-0.3, -0.25) is 0 Å². The maximum atomic E-state index is 6.01. The van der Waals surface area contributed by atoms with Crippen molar-refractivity contribution < 1.29 is 0 Å². The van der Waals surface area contributed by atoms with Gasteiger partial charge in [-0.05, 0) is 12.8 Å². The molecule has 0 fully saturated rings. The molecule has 0 rings (SSSR count). The summed E-state index contributed by atoms with van der Waals surface area (Å²) in [5.74, 6) is 0. The Morgan fingerprint density at radius 1 is 1.27 bits per heavy atom. The largest absolute Gasteiger partial charge is 0.118 e. The minimum absolute atomic E-state index is 0.265. The summed E-state index contributed by atoms with van der Waals surface area (Å²) in [6.45, 7) is 4.34. The molecule has 0 aromatic rings. The molecule has 0 N–H and O–H groups in total. The number of unbranched alkanes of at least 4 members (excludes halogenated alkanes) is 2. The highest BCUT2D eigenvalue weighted by molar-refractivity contribution is 6.21. The van der Waals surface area contributed by atoms with Crippen LogP contribution in [0.5, 0.6) is 0 Å². The smallest absolute Gasteiger partial charge is 0.0516 e. The standard InChI is InChI=1S/C10H19Cl/c1-3-5-7-9-10(11)8-6-4-2/h6,8,10H,3-5,7,9H2,1-2H3. The molecule has 0 aliphatic heterocycles. The van der Waals surface area contributed by atoms with Crippen LogP contribution in [0.1, 0.15) is 46.0 Å². The Morgan fingerprint density at radius 2 is 2.00 bits per heavy atom. The molecule has 0 aromatic heterocycles. The van der Waals surface area contributed by atoms with E-state index in [0.717, 1.165) is 12.8 Å². The van der Waals surface area contributed by atoms with Crippen LogP contribution in [0.2, 0.25) is 0 Å². The Morgan fingerprint density at radius 3 is 2.55 bits per heavy atom. The second-order valence-corrected chi connectivity index (χ2v) is 3.41. The fourth-order valence-corrected chi connectivity index (χ4v) is 1.23. The van der Waals surface area contributed by atoms with Gasteiger partial charge in [0.15, 0.2) is 0 Å². The molecule has 11 heavy (non-hydrogen) atoms. The second-order valence-electron chi connectivity index (χ2n) is 2.85. The minimum atomic E-state index is 0.265. The fraction of sp³-hybridized carbons (Fsp3) is 0.800. The molecule has 1 atom stereocenters. The predicted octanol–water partition coefficient (Wildman–Crippen LogP) is 4.14. The zero-order chi connectivity index (χ0) is 8.53. The van der Waals surface area contributed by atoms with Crippen LogP contribution in [0.3, 0.4) is 0 Å². The van der Waals surface area contributed by atoms with Gasteiger partial charge in [0.25, 0.3) is 0 Å². The van der Waals surface area contributed by atoms with E-state index in [1.807, 2.05) is 0 Å². The summed E-state index contributed by atoms with van der Waals surface area (Å²) in [4.78, 5) is 0. The Balaban J connectivity index is 3.21. The van der Waals surface area contributed by atoms with Crippen molar-refractivity contribution in [2.24, 2.45) is 0 Å². The van der Waals surface area contributed by atoms with Gasteiger partial charge >= 0.3 is 0 Å². The highest BCUT2D eigenvalue weighted by Crippen LogP contribution is 2.10. The monoisotopic (exact) mass is 174 g/mol. The van der Waals surface area contributed by atoms with Crippen LogP contribution in [-0.2, 0) is 0 Å². The number of hydrogen-bond acceptors (Lipinski definition) is 0. The zero-order valence-corrected chi connectivity index (χ0v) is 8.40. The van der Waals surface area contributed by atoms with Crippen LogP contribution in [-0.4, -0.2) is 5.38 Å². The van der Waals surface area contributed by atoms with E-state index in [9.17, 15) is 0 Å². The van der Waals surface area contributed by atoms with Crippen LogP contribution in [0.15, 0.2) is 12.2 Å².